The summed E-state index contributed by atoms with van der Waals surface area (Å²) in [5.41, 5.74) is 0.941. The van der Waals surface area contributed by atoms with Gasteiger partial charge in [-0.25, -0.2) is 0 Å². The van der Waals surface area contributed by atoms with E-state index in [1.54, 1.807) is 0 Å². The molecule has 2 aromatic carbocycles. The molecule has 22 heavy (non-hydrogen) atoms. The molecule has 0 bridgehead atoms. The van der Waals surface area contributed by atoms with Gasteiger partial charge in [-0.2, -0.15) is 0 Å². The summed E-state index contributed by atoms with van der Waals surface area (Å²) >= 11 is 0. The molecule has 116 valence electrons. The van der Waals surface area contributed by atoms with Crippen molar-refractivity contribution in [3.05, 3.63) is 54.6 Å². The number of aliphatic hydroxyl groups excluding tert-OH is 2. The van der Waals surface area contributed by atoms with Gasteiger partial charge < -0.3 is 25.6 Å². The van der Waals surface area contributed by atoms with Gasteiger partial charge in [-0.05, 0) is 36.4 Å². The summed E-state index contributed by atoms with van der Waals surface area (Å²) in [4.78, 5) is 0. The summed E-state index contributed by atoms with van der Waals surface area (Å²) in [6.45, 7) is 0.981. The molecule has 0 amide bonds. The topological polar surface area (TPSA) is 73.8 Å². The Morgan fingerprint density at radius 3 is 2.32 bits per heavy atom. The van der Waals surface area contributed by atoms with Crippen LogP contribution in [0.15, 0.2) is 54.6 Å². The molecule has 0 aliphatic carbocycles. The molecule has 0 unspecified atom stereocenters. The monoisotopic (exact) mass is 300 g/mol. The molecule has 1 aliphatic rings. The number of para-hydroxylation sites is 1. The number of aliphatic hydroxyl groups is 2. The van der Waals surface area contributed by atoms with E-state index >= 15 is 0 Å². The maximum atomic E-state index is 9.77. The normalized spacial score (nSPS) is 24.2. The number of β-amino-alcohol motifs (C(OH)–C–C–N with tert-alkyl or cyclic N) is 1. The Morgan fingerprint density at radius 2 is 1.68 bits per heavy atom. The first kappa shape index (κ1) is 14.8. The second-order valence-electron chi connectivity index (χ2n) is 5.39. The van der Waals surface area contributed by atoms with E-state index in [1.807, 2.05) is 54.6 Å². The van der Waals surface area contributed by atoms with E-state index in [-0.39, 0.29) is 6.04 Å². The summed E-state index contributed by atoms with van der Waals surface area (Å²) in [6.07, 6.45) is -1.42. The van der Waals surface area contributed by atoms with Crippen LogP contribution in [0.1, 0.15) is 0 Å². The molecular weight excluding hydrogens is 280 g/mol. The Bertz CT molecular complexity index is 589. The van der Waals surface area contributed by atoms with Crippen molar-refractivity contribution in [1.82, 2.24) is 5.32 Å². The minimum absolute atomic E-state index is 0.143. The third kappa shape index (κ3) is 3.57. The Kier molecular flexibility index (Phi) is 4.58. The lowest BCUT2D eigenvalue weighted by Gasteiger charge is -2.17. The average molecular weight is 300 g/mol. The largest absolute Gasteiger partial charge is 0.457 e. The predicted molar refractivity (Wildman–Crippen MR) is 85.3 cm³/mol. The number of ether oxygens (including phenoxy) is 1. The smallest absolute Gasteiger partial charge is 0.127 e. The molecule has 5 nitrogen and oxygen atoms in total. The summed E-state index contributed by atoms with van der Waals surface area (Å²) < 4.78 is 5.73. The number of nitrogens with one attached hydrogen (secondary N) is 2. The molecule has 2 aromatic rings. The second kappa shape index (κ2) is 6.79. The maximum Gasteiger partial charge on any atom is 0.127 e. The van der Waals surface area contributed by atoms with Gasteiger partial charge in [0, 0.05) is 18.8 Å². The minimum atomic E-state index is -0.729. The molecule has 3 rings (SSSR count). The van der Waals surface area contributed by atoms with Gasteiger partial charge in [0.2, 0.25) is 0 Å². The molecule has 0 radical (unpaired) electrons. The van der Waals surface area contributed by atoms with Crippen molar-refractivity contribution in [2.75, 3.05) is 18.4 Å². The lowest BCUT2D eigenvalue weighted by Crippen LogP contribution is -2.38. The van der Waals surface area contributed by atoms with Crippen LogP contribution in [0.2, 0.25) is 0 Å². The van der Waals surface area contributed by atoms with Gasteiger partial charge in [0.05, 0.1) is 18.2 Å². The molecule has 1 aliphatic heterocycles. The Balaban J connectivity index is 1.53. The minimum Gasteiger partial charge on any atom is -0.457 e. The highest BCUT2D eigenvalue weighted by Crippen LogP contribution is 2.22. The van der Waals surface area contributed by atoms with Gasteiger partial charge in [0.15, 0.2) is 0 Å². The van der Waals surface area contributed by atoms with Crippen molar-refractivity contribution in [1.29, 1.82) is 0 Å². The number of rotatable bonds is 5. The van der Waals surface area contributed by atoms with Gasteiger partial charge in [0.25, 0.3) is 0 Å². The lowest BCUT2D eigenvalue weighted by molar-refractivity contribution is 0.0427. The molecular formula is C17H20N2O3. The molecule has 1 fully saturated rings. The van der Waals surface area contributed by atoms with E-state index in [1.165, 1.54) is 0 Å². The first-order valence-electron chi connectivity index (χ1n) is 7.39. The maximum absolute atomic E-state index is 9.77. The van der Waals surface area contributed by atoms with Gasteiger partial charge >= 0.3 is 0 Å². The lowest BCUT2D eigenvalue weighted by atomic mass is 10.1. The van der Waals surface area contributed by atoms with Crippen LogP contribution in [0.3, 0.4) is 0 Å². The molecule has 0 spiro atoms. The van der Waals surface area contributed by atoms with Gasteiger partial charge in [-0.1, -0.05) is 18.2 Å². The number of benzene rings is 2. The summed E-state index contributed by atoms with van der Waals surface area (Å²) in [5.74, 6) is 1.57. The highest BCUT2D eigenvalue weighted by atomic mass is 16.5. The summed E-state index contributed by atoms with van der Waals surface area (Å²) in [6, 6.07) is 17.1. The van der Waals surface area contributed by atoms with Crippen LogP contribution in [0, 0.1) is 0 Å². The summed E-state index contributed by atoms with van der Waals surface area (Å²) in [7, 11) is 0. The summed E-state index contributed by atoms with van der Waals surface area (Å²) in [5, 5.41) is 25.6. The zero-order valence-corrected chi connectivity index (χ0v) is 12.1. The molecule has 1 heterocycles. The van der Waals surface area contributed by atoms with Crippen LogP contribution in [0.25, 0.3) is 0 Å². The Morgan fingerprint density at radius 1 is 1.00 bits per heavy atom. The van der Waals surface area contributed by atoms with Crippen LogP contribution in [0.5, 0.6) is 11.5 Å². The highest BCUT2D eigenvalue weighted by molar-refractivity contribution is 5.47. The van der Waals surface area contributed by atoms with E-state index in [0.29, 0.717) is 13.1 Å². The second-order valence-corrected chi connectivity index (χ2v) is 5.39. The Labute approximate surface area is 129 Å². The quantitative estimate of drug-likeness (QED) is 0.675. The van der Waals surface area contributed by atoms with E-state index in [9.17, 15) is 10.2 Å². The third-order valence-corrected chi connectivity index (χ3v) is 3.75. The SMILES string of the molecule is O[C@H]1[C@@H](O)CN[C@@H]1CNc1ccc(Oc2ccccc2)cc1. The van der Waals surface area contributed by atoms with E-state index in [0.717, 1.165) is 17.2 Å². The van der Waals surface area contributed by atoms with Gasteiger partial charge in [-0.15, -0.1) is 0 Å². The van der Waals surface area contributed by atoms with E-state index < -0.39 is 12.2 Å². The van der Waals surface area contributed by atoms with Crippen LogP contribution in [0.4, 0.5) is 5.69 Å². The molecule has 3 atom stereocenters. The van der Waals surface area contributed by atoms with Crippen molar-refractivity contribution < 1.29 is 14.9 Å². The van der Waals surface area contributed by atoms with Gasteiger partial charge in [0.1, 0.15) is 11.5 Å². The van der Waals surface area contributed by atoms with Crippen molar-refractivity contribution in [2.45, 2.75) is 18.2 Å². The first-order valence-corrected chi connectivity index (χ1v) is 7.39. The standard InChI is InChI=1S/C17H20N2O3/c20-16-11-19-15(17(16)21)10-18-12-6-8-14(9-7-12)22-13-4-2-1-3-5-13/h1-9,15-21H,10-11H2/t15-,16+,17-/m1/s1. The van der Waals surface area contributed by atoms with Crippen LogP contribution >= 0.6 is 0 Å². The van der Waals surface area contributed by atoms with Crippen LogP contribution < -0.4 is 15.4 Å². The molecule has 0 saturated carbocycles. The highest BCUT2D eigenvalue weighted by Gasteiger charge is 2.32. The van der Waals surface area contributed by atoms with Crippen molar-refractivity contribution in [3.8, 4) is 11.5 Å². The molecule has 0 aromatic heterocycles. The Hall–Kier alpha value is -2.08. The van der Waals surface area contributed by atoms with Crippen LogP contribution in [-0.2, 0) is 0 Å². The van der Waals surface area contributed by atoms with Crippen molar-refractivity contribution in [3.63, 3.8) is 0 Å². The van der Waals surface area contributed by atoms with Crippen LogP contribution in [-0.4, -0.2) is 41.6 Å². The van der Waals surface area contributed by atoms with E-state index in [2.05, 4.69) is 10.6 Å². The fourth-order valence-electron chi connectivity index (χ4n) is 2.47. The molecule has 5 heteroatoms. The fraction of sp³-hybridized carbons (Fsp3) is 0.294. The zero-order chi connectivity index (χ0) is 15.4. The van der Waals surface area contributed by atoms with Gasteiger partial charge in [-0.3, -0.25) is 0 Å². The fourth-order valence-corrected chi connectivity index (χ4v) is 2.47. The number of hydrogen-bond donors (Lipinski definition) is 4. The van der Waals surface area contributed by atoms with E-state index in [4.69, 9.17) is 4.74 Å². The zero-order valence-electron chi connectivity index (χ0n) is 12.1. The van der Waals surface area contributed by atoms with Crippen molar-refractivity contribution in [2.24, 2.45) is 0 Å². The molecule has 4 N–H and O–H groups in total. The number of hydrogen-bond acceptors (Lipinski definition) is 5. The number of anilines is 1. The van der Waals surface area contributed by atoms with Crippen molar-refractivity contribution >= 4 is 5.69 Å². The first-order chi connectivity index (χ1) is 10.7. The average Bonchev–Trinajstić information content (AvgIpc) is 2.87. The predicted octanol–water partition coefficient (Wildman–Crippen LogP) is 1.58. The molecule has 1 saturated heterocycles. The third-order valence-electron chi connectivity index (χ3n) is 3.75.